The summed E-state index contributed by atoms with van der Waals surface area (Å²) in [7, 11) is 0. The Labute approximate surface area is 156 Å². The van der Waals surface area contributed by atoms with Gasteiger partial charge in [0.2, 0.25) is 0 Å². The minimum Gasteiger partial charge on any atom is -0.265 e. The van der Waals surface area contributed by atoms with Crippen LogP contribution in [0.1, 0.15) is 30.5 Å². The second-order valence-electron chi connectivity index (χ2n) is 6.83. The predicted octanol–water partition coefficient (Wildman–Crippen LogP) is 4.91. The van der Waals surface area contributed by atoms with E-state index in [-0.39, 0.29) is 5.41 Å². The third-order valence-electron chi connectivity index (χ3n) is 5.41. The van der Waals surface area contributed by atoms with Crippen molar-refractivity contribution >= 4 is 17.2 Å². The zero-order valence-corrected chi connectivity index (χ0v) is 14.9. The lowest BCUT2D eigenvalue weighted by Crippen LogP contribution is -2.36. The average Bonchev–Trinajstić information content (AvgIpc) is 3.06. The van der Waals surface area contributed by atoms with E-state index in [9.17, 15) is 0 Å². The highest BCUT2D eigenvalue weighted by Gasteiger charge is 2.43. The lowest BCUT2D eigenvalue weighted by atomic mass is 9.62. The largest absolute Gasteiger partial charge is 0.265 e. The molecule has 0 unspecified atom stereocenters. The molecule has 3 aromatic heterocycles. The van der Waals surface area contributed by atoms with Crippen LogP contribution in [0, 0.1) is 0 Å². The molecule has 5 heteroatoms. The summed E-state index contributed by atoms with van der Waals surface area (Å²) in [5.74, 6) is 0. The van der Waals surface area contributed by atoms with Gasteiger partial charge in [0.1, 0.15) is 0 Å². The highest BCUT2D eigenvalue weighted by Crippen LogP contribution is 2.50. The first kappa shape index (κ1) is 15.5. The molecule has 128 valence electrons. The van der Waals surface area contributed by atoms with E-state index in [0.29, 0.717) is 0 Å². The lowest BCUT2D eigenvalue weighted by molar-refractivity contribution is 0.293. The summed E-state index contributed by atoms with van der Waals surface area (Å²) in [4.78, 5) is 8.69. The summed E-state index contributed by atoms with van der Waals surface area (Å²) in [5.41, 5.74) is 5.09. The molecule has 4 nitrogen and oxygen atoms in total. The monoisotopic (exact) mass is 360 g/mol. The quantitative estimate of drug-likeness (QED) is 0.521. The topological polar surface area (TPSA) is 43.1 Å². The fourth-order valence-corrected chi connectivity index (χ4v) is 4.16. The van der Waals surface area contributed by atoms with Crippen molar-refractivity contribution in [2.75, 3.05) is 0 Å². The van der Waals surface area contributed by atoms with Crippen LogP contribution in [0.15, 0.2) is 67.3 Å². The van der Waals surface area contributed by atoms with Gasteiger partial charge in [0.25, 0.3) is 0 Å². The molecular weight excluding hydrogens is 344 g/mol. The summed E-state index contributed by atoms with van der Waals surface area (Å²) in [6.45, 7) is 0. The Bertz CT molecular complexity index is 1080. The number of fused-ring (bicyclic) bond motifs is 1. The van der Waals surface area contributed by atoms with E-state index in [1.54, 1.807) is 12.4 Å². The number of rotatable bonds is 3. The molecule has 5 rings (SSSR count). The van der Waals surface area contributed by atoms with Gasteiger partial charge in [-0.05, 0) is 42.2 Å². The molecule has 0 aliphatic heterocycles. The Morgan fingerprint density at radius 1 is 1.00 bits per heavy atom. The summed E-state index contributed by atoms with van der Waals surface area (Å²) in [6, 6.07) is 14.2. The second kappa shape index (κ2) is 5.92. The number of hydrogen-bond donors (Lipinski definition) is 0. The van der Waals surface area contributed by atoms with E-state index >= 15 is 0 Å². The van der Waals surface area contributed by atoms with Crippen LogP contribution in [-0.2, 0) is 5.41 Å². The van der Waals surface area contributed by atoms with Crippen LogP contribution in [0.4, 0.5) is 0 Å². The molecule has 0 N–H and O–H groups in total. The van der Waals surface area contributed by atoms with Crippen LogP contribution in [0.5, 0.6) is 0 Å². The number of hydrogen-bond acceptors (Lipinski definition) is 3. The molecule has 4 aromatic rings. The van der Waals surface area contributed by atoms with Crippen LogP contribution in [0.2, 0.25) is 5.02 Å². The minimum atomic E-state index is -0.0944. The molecule has 1 fully saturated rings. The molecule has 0 saturated heterocycles. The molecule has 1 aliphatic rings. The van der Waals surface area contributed by atoms with Gasteiger partial charge in [0.05, 0.1) is 5.69 Å². The fourth-order valence-electron chi connectivity index (χ4n) is 3.85. The summed E-state index contributed by atoms with van der Waals surface area (Å²) < 4.78 is 1.88. The number of pyridine rings is 1. The van der Waals surface area contributed by atoms with E-state index in [0.717, 1.165) is 40.3 Å². The molecule has 0 amide bonds. The van der Waals surface area contributed by atoms with Crippen molar-refractivity contribution < 1.29 is 0 Å². The van der Waals surface area contributed by atoms with E-state index < -0.39 is 0 Å². The molecule has 1 aliphatic carbocycles. The Balaban J connectivity index is 1.62. The van der Waals surface area contributed by atoms with Crippen LogP contribution in [0.25, 0.3) is 16.8 Å². The minimum absolute atomic E-state index is 0.0944. The highest BCUT2D eigenvalue weighted by atomic mass is 35.5. The third kappa shape index (κ3) is 2.33. The highest BCUT2D eigenvalue weighted by molar-refractivity contribution is 6.31. The van der Waals surface area contributed by atoms with Crippen molar-refractivity contribution in [2.24, 2.45) is 0 Å². The summed E-state index contributed by atoms with van der Waals surface area (Å²) in [6.07, 6.45) is 10.8. The number of aromatic nitrogens is 4. The van der Waals surface area contributed by atoms with Gasteiger partial charge >= 0.3 is 0 Å². The van der Waals surface area contributed by atoms with E-state index in [1.165, 1.54) is 12.0 Å². The van der Waals surface area contributed by atoms with E-state index in [1.807, 2.05) is 41.2 Å². The average molecular weight is 361 g/mol. The van der Waals surface area contributed by atoms with E-state index in [4.69, 9.17) is 16.7 Å². The van der Waals surface area contributed by atoms with Crippen LogP contribution < -0.4 is 0 Å². The summed E-state index contributed by atoms with van der Waals surface area (Å²) >= 11 is 6.52. The molecule has 26 heavy (non-hydrogen) atoms. The first-order valence-corrected chi connectivity index (χ1v) is 9.15. The maximum Gasteiger partial charge on any atom is 0.155 e. The number of benzene rings is 1. The zero-order chi connectivity index (χ0) is 17.6. The standard InChI is InChI=1S/C21H17ClN4/c22-18-5-2-1-4-17(18)21(8-3-9-21)19-12-20-24-13-16(14-26(20)25-19)15-6-10-23-11-7-15/h1-2,4-7,10-14H,3,8-9H2. The fraction of sp³-hybridized carbons (Fsp3) is 0.190. The van der Waals surface area contributed by atoms with E-state index in [2.05, 4.69) is 28.2 Å². The molecule has 0 atom stereocenters. The predicted molar refractivity (Wildman–Crippen MR) is 102 cm³/mol. The van der Waals surface area contributed by atoms with Crippen molar-refractivity contribution in [3.63, 3.8) is 0 Å². The zero-order valence-electron chi connectivity index (χ0n) is 14.1. The molecule has 1 saturated carbocycles. The smallest absolute Gasteiger partial charge is 0.155 e. The van der Waals surface area contributed by atoms with Gasteiger partial charge in [0.15, 0.2) is 5.65 Å². The SMILES string of the molecule is Clc1ccccc1C1(c2cc3ncc(-c4ccncc4)cn3n2)CCC1. The first-order valence-electron chi connectivity index (χ1n) is 8.78. The number of halogens is 1. The van der Waals surface area contributed by atoms with Crippen LogP contribution >= 0.6 is 11.6 Å². The van der Waals surface area contributed by atoms with Gasteiger partial charge in [-0.2, -0.15) is 5.10 Å². The van der Waals surface area contributed by atoms with Gasteiger partial charge in [0, 0.05) is 46.9 Å². The van der Waals surface area contributed by atoms with Gasteiger partial charge in [-0.25, -0.2) is 9.50 Å². The Hall–Kier alpha value is -2.72. The normalized spacial score (nSPS) is 15.7. The van der Waals surface area contributed by atoms with Crippen LogP contribution in [-0.4, -0.2) is 19.6 Å². The Morgan fingerprint density at radius 2 is 1.81 bits per heavy atom. The van der Waals surface area contributed by atoms with Gasteiger partial charge < -0.3 is 0 Å². The van der Waals surface area contributed by atoms with Crippen molar-refractivity contribution in [3.05, 3.63) is 83.5 Å². The molecule has 0 bridgehead atoms. The van der Waals surface area contributed by atoms with Crippen LogP contribution in [0.3, 0.4) is 0 Å². The van der Waals surface area contributed by atoms with Gasteiger partial charge in [-0.1, -0.05) is 36.2 Å². The first-order chi connectivity index (χ1) is 12.8. The third-order valence-corrected chi connectivity index (χ3v) is 5.74. The van der Waals surface area contributed by atoms with Gasteiger partial charge in [-0.15, -0.1) is 0 Å². The summed E-state index contributed by atoms with van der Waals surface area (Å²) in [5, 5.41) is 5.70. The van der Waals surface area contributed by atoms with Crippen molar-refractivity contribution in [1.29, 1.82) is 0 Å². The number of nitrogens with zero attached hydrogens (tertiary/aromatic N) is 4. The Morgan fingerprint density at radius 3 is 2.54 bits per heavy atom. The molecule has 0 radical (unpaired) electrons. The maximum absolute atomic E-state index is 6.52. The Kier molecular flexibility index (Phi) is 3.54. The molecule has 3 heterocycles. The van der Waals surface area contributed by atoms with Crippen molar-refractivity contribution in [3.8, 4) is 11.1 Å². The molecule has 0 spiro atoms. The van der Waals surface area contributed by atoms with Crippen molar-refractivity contribution in [2.45, 2.75) is 24.7 Å². The maximum atomic E-state index is 6.52. The molecular formula is C21H17ClN4. The lowest BCUT2D eigenvalue weighted by Gasteiger charge is -2.41. The van der Waals surface area contributed by atoms with Crippen molar-refractivity contribution in [1.82, 2.24) is 19.6 Å². The molecule has 1 aromatic carbocycles. The van der Waals surface area contributed by atoms with Gasteiger partial charge in [-0.3, -0.25) is 4.98 Å². The second-order valence-corrected chi connectivity index (χ2v) is 7.23.